The van der Waals surface area contributed by atoms with Gasteiger partial charge in [0.05, 0.1) is 56.9 Å². The second-order valence-corrected chi connectivity index (χ2v) is 27.8. The number of ether oxygens (including phenoxy) is 10. The molecule has 27 heteroatoms. The first kappa shape index (κ1) is 68.0. The fourth-order valence-electron chi connectivity index (χ4n) is 17.3. The van der Waals surface area contributed by atoms with Gasteiger partial charge in [0.15, 0.2) is 31.5 Å². The molecule has 34 unspecified atom stereocenters. The van der Waals surface area contributed by atoms with Crippen molar-refractivity contribution in [2.45, 2.75) is 272 Å². The van der Waals surface area contributed by atoms with Crippen LogP contribution in [0.1, 0.15) is 107 Å². The molecular weight excluding hydrogens is 1130 g/mol. The lowest BCUT2D eigenvalue weighted by atomic mass is 9.34. The first-order chi connectivity index (χ1) is 39.8. The molecule has 4 aliphatic carbocycles. The zero-order chi connectivity index (χ0) is 62.4. The summed E-state index contributed by atoms with van der Waals surface area (Å²) in [6, 6.07) is 0. The first-order valence-corrected chi connectivity index (χ1v) is 30.3. The summed E-state index contributed by atoms with van der Waals surface area (Å²) in [4.78, 5) is 0. The fourth-order valence-corrected chi connectivity index (χ4v) is 17.3. The molecule has 5 heterocycles. The van der Waals surface area contributed by atoms with Crippen LogP contribution in [0.3, 0.4) is 0 Å². The van der Waals surface area contributed by atoms with E-state index in [2.05, 4.69) is 26.8 Å². The molecule has 0 spiro atoms. The van der Waals surface area contributed by atoms with E-state index in [4.69, 9.17) is 47.4 Å². The third-order valence-electron chi connectivity index (χ3n) is 22.1. The molecule has 0 aromatic carbocycles. The normalized spacial score (nSPS) is 53.4. The van der Waals surface area contributed by atoms with Gasteiger partial charge < -0.3 is 134 Å². The molecule has 5 saturated heterocycles. The van der Waals surface area contributed by atoms with Crippen molar-refractivity contribution >= 4 is 0 Å². The molecule has 0 aromatic heterocycles. The van der Waals surface area contributed by atoms with E-state index in [1.165, 1.54) is 0 Å². The van der Waals surface area contributed by atoms with Crippen LogP contribution in [0.5, 0.6) is 0 Å². The average molecular weight is 1230 g/mol. The third-order valence-corrected chi connectivity index (χ3v) is 22.1. The molecule has 492 valence electrons. The van der Waals surface area contributed by atoms with E-state index in [-0.39, 0.29) is 25.0 Å². The van der Waals surface area contributed by atoms with Gasteiger partial charge >= 0.3 is 0 Å². The molecule has 0 bridgehead atoms. The van der Waals surface area contributed by atoms with Crippen molar-refractivity contribution in [3.05, 3.63) is 11.6 Å². The predicted octanol–water partition coefficient (Wildman–Crippen LogP) is -4.13. The van der Waals surface area contributed by atoms with Crippen LogP contribution in [0.4, 0.5) is 0 Å². The van der Waals surface area contributed by atoms with E-state index in [9.17, 15) is 86.8 Å². The third kappa shape index (κ3) is 12.2. The van der Waals surface area contributed by atoms with Gasteiger partial charge in [-0.15, -0.1) is 0 Å². The number of fused-ring (bicyclic) bond motifs is 5. The second-order valence-electron chi connectivity index (χ2n) is 27.8. The molecule has 9 fully saturated rings. The van der Waals surface area contributed by atoms with Crippen molar-refractivity contribution in [3.63, 3.8) is 0 Å². The standard InChI is InChI=1S/C58H98O27/c1-23(2)10-9-13-58(8,85-52-46(75)41(70)38(67)30(82-52)21-77-49-44(73)39(68)31(22-78-49)81-50-43(72)35(64)27(63)20-76-50)24-11-15-56(6)34(24)25(61)16-32-55(5)14-12-33(54(3,4)48(55)26(62)17-57(32,56)7)83-53-47(42(71)37(66)29(19-60)80-53)84-51-45(74)40(69)36(65)28(18-59)79-51/h10,24-53,59-75H,9,11-22H2,1-8H3. The second kappa shape index (κ2) is 26.0. The highest BCUT2D eigenvalue weighted by Gasteiger charge is 2.74. The van der Waals surface area contributed by atoms with E-state index in [1.54, 1.807) is 0 Å². The lowest BCUT2D eigenvalue weighted by Gasteiger charge is -2.71. The Morgan fingerprint density at radius 1 is 0.553 bits per heavy atom. The average Bonchev–Trinajstić information content (AvgIpc) is 1.67. The van der Waals surface area contributed by atoms with Crippen molar-refractivity contribution in [1.82, 2.24) is 0 Å². The summed E-state index contributed by atoms with van der Waals surface area (Å²) >= 11 is 0. The number of aliphatic hydroxyl groups is 17. The van der Waals surface area contributed by atoms with Gasteiger partial charge in [-0.2, -0.15) is 0 Å². The maximum absolute atomic E-state index is 12.9. The Balaban J connectivity index is 0.908. The fraction of sp³-hybridized carbons (Fsp3) is 0.966. The predicted molar refractivity (Wildman–Crippen MR) is 288 cm³/mol. The van der Waals surface area contributed by atoms with Crippen LogP contribution in [0.15, 0.2) is 11.6 Å². The SMILES string of the molecule is CC(C)=CCCC(C)(OC1OC(COC2OCC(OC3OCC(O)C(O)C3O)C(O)C2O)C(O)C(O)C1O)C1CCC2(C)C1C(O)CC1C3(C)CCC(OC4OC(CO)C(O)C(O)C4OC4OC(CO)C(O)C(O)C4O)C(C)(C)C3C(O)CC12C. The number of rotatable bonds is 17. The van der Waals surface area contributed by atoms with E-state index in [0.717, 1.165) is 5.57 Å². The summed E-state index contributed by atoms with van der Waals surface area (Å²) in [5.74, 6) is -1.40. The van der Waals surface area contributed by atoms with Gasteiger partial charge in [-0.05, 0) is 117 Å². The topological polar surface area (TPSA) is 436 Å². The minimum Gasteiger partial charge on any atom is -0.394 e. The van der Waals surface area contributed by atoms with E-state index in [1.807, 2.05) is 34.6 Å². The monoisotopic (exact) mass is 1230 g/mol. The Labute approximate surface area is 494 Å². The summed E-state index contributed by atoms with van der Waals surface area (Å²) in [6.07, 6.45) is -33.7. The Hall–Kier alpha value is -1.34. The largest absolute Gasteiger partial charge is 0.394 e. The maximum atomic E-state index is 12.9. The summed E-state index contributed by atoms with van der Waals surface area (Å²) in [6.45, 7) is 13.6. The minimum absolute atomic E-state index is 0.152. The molecule has 0 amide bonds. The molecule has 17 N–H and O–H groups in total. The first-order valence-electron chi connectivity index (χ1n) is 30.3. The zero-order valence-electron chi connectivity index (χ0n) is 49.8. The van der Waals surface area contributed by atoms with Gasteiger partial charge in [-0.3, -0.25) is 0 Å². The van der Waals surface area contributed by atoms with Gasteiger partial charge in [0.1, 0.15) is 110 Å². The molecule has 34 atom stereocenters. The minimum atomic E-state index is -1.86. The zero-order valence-corrected chi connectivity index (χ0v) is 49.8. The van der Waals surface area contributed by atoms with Gasteiger partial charge in [-0.1, -0.05) is 46.3 Å². The number of hydrogen-bond acceptors (Lipinski definition) is 27. The Morgan fingerprint density at radius 3 is 1.78 bits per heavy atom. The molecule has 4 saturated carbocycles. The molecule has 85 heavy (non-hydrogen) atoms. The van der Waals surface area contributed by atoms with Crippen molar-refractivity contribution in [2.75, 3.05) is 33.0 Å². The molecule has 0 radical (unpaired) electrons. The summed E-state index contributed by atoms with van der Waals surface area (Å²) in [5, 5.41) is 187. The van der Waals surface area contributed by atoms with Crippen molar-refractivity contribution in [1.29, 1.82) is 0 Å². The lowest BCUT2D eigenvalue weighted by molar-refractivity contribution is -0.380. The van der Waals surface area contributed by atoms with Gasteiger partial charge in [0, 0.05) is 0 Å². The maximum Gasteiger partial charge on any atom is 0.187 e. The summed E-state index contributed by atoms with van der Waals surface area (Å²) < 4.78 is 60.0. The van der Waals surface area contributed by atoms with Crippen LogP contribution < -0.4 is 0 Å². The quantitative estimate of drug-likeness (QED) is 0.0486. The molecule has 9 rings (SSSR count). The van der Waals surface area contributed by atoms with Crippen LogP contribution >= 0.6 is 0 Å². The Kier molecular flexibility index (Phi) is 20.8. The highest BCUT2D eigenvalue weighted by Crippen LogP contribution is 2.76. The molecule has 5 aliphatic heterocycles. The highest BCUT2D eigenvalue weighted by atomic mass is 16.8. The van der Waals surface area contributed by atoms with Crippen molar-refractivity contribution in [3.8, 4) is 0 Å². The van der Waals surface area contributed by atoms with E-state index >= 15 is 0 Å². The van der Waals surface area contributed by atoms with Crippen molar-refractivity contribution in [2.24, 2.45) is 45.3 Å². The number of aliphatic hydroxyl groups excluding tert-OH is 17. The van der Waals surface area contributed by atoms with Gasteiger partial charge in [0.25, 0.3) is 0 Å². The molecule has 9 aliphatic rings. The van der Waals surface area contributed by atoms with E-state index < -0.39 is 219 Å². The van der Waals surface area contributed by atoms with Crippen LogP contribution in [0.25, 0.3) is 0 Å². The summed E-state index contributed by atoms with van der Waals surface area (Å²) in [7, 11) is 0. The van der Waals surface area contributed by atoms with Crippen LogP contribution in [0.2, 0.25) is 0 Å². The summed E-state index contributed by atoms with van der Waals surface area (Å²) in [5.41, 5.74) is -2.79. The molecule has 27 nitrogen and oxygen atoms in total. The van der Waals surface area contributed by atoms with E-state index in [0.29, 0.717) is 51.4 Å². The lowest BCUT2D eigenvalue weighted by Crippen LogP contribution is -2.70. The molecule has 0 aromatic rings. The van der Waals surface area contributed by atoms with Crippen LogP contribution in [-0.4, -0.2) is 285 Å². The smallest absolute Gasteiger partial charge is 0.187 e. The van der Waals surface area contributed by atoms with Crippen LogP contribution in [0, 0.1) is 45.3 Å². The van der Waals surface area contributed by atoms with Crippen molar-refractivity contribution < 1.29 is 134 Å². The Bertz CT molecular complexity index is 2250. The Morgan fingerprint density at radius 2 is 1.13 bits per heavy atom. The number of hydrogen-bond donors (Lipinski definition) is 17. The molecular formula is C58H98O27. The number of allylic oxidation sites excluding steroid dienone is 2. The van der Waals surface area contributed by atoms with Gasteiger partial charge in [-0.25, -0.2) is 0 Å². The van der Waals surface area contributed by atoms with Crippen LogP contribution in [-0.2, 0) is 47.4 Å². The highest BCUT2D eigenvalue weighted by molar-refractivity contribution is 5.22. The van der Waals surface area contributed by atoms with Gasteiger partial charge in [0.2, 0.25) is 0 Å².